The van der Waals surface area contributed by atoms with Gasteiger partial charge in [-0.05, 0) is 31.4 Å². The third-order valence-corrected chi connectivity index (χ3v) is 4.92. The minimum absolute atomic E-state index is 0.0389. The van der Waals surface area contributed by atoms with E-state index in [4.69, 9.17) is 0 Å². The molecule has 1 aromatic heterocycles. The minimum atomic E-state index is -0.0389. The SMILES string of the molecule is O=C(NCCn1cccc1)[C@@H]1CCC(=O)N(C2CCCC2)C1. The number of nitrogens with zero attached hydrogens (tertiary/aromatic N) is 2. The fourth-order valence-corrected chi connectivity index (χ4v) is 3.63. The van der Waals surface area contributed by atoms with Gasteiger partial charge in [-0.2, -0.15) is 0 Å². The lowest BCUT2D eigenvalue weighted by molar-refractivity contribution is -0.140. The van der Waals surface area contributed by atoms with Crippen molar-refractivity contribution in [3.8, 4) is 0 Å². The highest BCUT2D eigenvalue weighted by molar-refractivity contribution is 5.84. The molecule has 2 heterocycles. The average Bonchev–Trinajstić information content (AvgIpc) is 3.21. The van der Waals surface area contributed by atoms with E-state index in [-0.39, 0.29) is 17.7 Å². The summed E-state index contributed by atoms with van der Waals surface area (Å²) in [6.45, 7) is 2.04. The van der Waals surface area contributed by atoms with Crippen molar-refractivity contribution in [2.75, 3.05) is 13.1 Å². The number of hydrogen-bond donors (Lipinski definition) is 1. The molecule has 1 saturated heterocycles. The maximum Gasteiger partial charge on any atom is 0.224 e. The minimum Gasteiger partial charge on any atom is -0.354 e. The Hall–Kier alpha value is -1.78. The third-order valence-electron chi connectivity index (χ3n) is 4.92. The number of rotatable bonds is 5. The summed E-state index contributed by atoms with van der Waals surface area (Å²) in [4.78, 5) is 26.4. The number of carbonyl (C=O) groups excluding carboxylic acids is 2. The van der Waals surface area contributed by atoms with Crippen LogP contribution in [0.1, 0.15) is 38.5 Å². The summed E-state index contributed by atoms with van der Waals surface area (Å²) in [6, 6.07) is 4.34. The lowest BCUT2D eigenvalue weighted by Gasteiger charge is -2.36. The Kier molecular flexibility index (Phi) is 4.80. The van der Waals surface area contributed by atoms with Gasteiger partial charge >= 0.3 is 0 Å². The highest BCUT2D eigenvalue weighted by atomic mass is 16.2. The smallest absolute Gasteiger partial charge is 0.224 e. The molecule has 1 aliphatic heterocycles. The molecular formula is C17H25N3O2. The van der Waals surface area contributed by atoms with Gasteiger partial charge in [0.15, 0.2) is 0 Å². The second-order valence-electron chi connectivity index (χ2n) is 6.43. The molecule has 120 valence electrons. The quantitative estimate of drug-likeness (QED) is 0.901. The van der Waals surface area contributed by atoms with Crippen LogP contribution in [-0.4, -0.2) is 40.4 Å². The number of carbonyl (C=O) groups is 2. The number of amides is 2. The molecule has 1 atom stereocenters. The average molecular weight is 303 g/mol. The predicted molar refractivity (Wildman–Crippen MR) is 84.1 cm³/mol. The van der Waals surface area contributed by atoms with Gasteiger partial charge in [-0.1, -0.05) is 12.8 Å². The molecule has 22 heavy (non-hydrogen) atoms. The summed E-state index contributed by atoms with van der Waals surface area (Å²) in [5.41, 5.74) is 0. The Morgan fingerprint density at radius 3 is 2.64 bits per heavy atom. The van der Waals surface area contributed by atoms with Gasteiger partial charge in [-0.15, -0.1) is 0 Å². The van der Waals surface area contributed by atoms with Crippen molar-refractivity contribution in [2.45, 2.75) is 51.1 Å². The van der Waals surface area contributed by atoms with E-state index in [9.17, 15) is 9.59 Å². The van der Waals surface area contributed by atoms with E-state index >= 15 is 0 Å². The van der Waals surface area contributed by atoms with E-state index in [1.54, 1.807) is 0 Å². The van der Waals surface area contributed by atoms with Crippen LogP contribution in [0.4, 0.5) is 0 Å². The molecular weight excluding hydrogens is 278 g/mol. The molecule has 5 heteroatoms. The maximum atomic E-state index is 12.3. The predicted octanol–water partition coefficient (Wildman–Crippen LogP) is 1.79. The molecule has 1 saturated carbocycles. The number of aromatic nitrogens is 1. The molecule has 1 aliphatic carbocycles. The fraction of sp³-hybridized carbons (Fsp3) is 0.647. The van der Waals surface area contributed by atoms with Crippen molar-refractivity contribution in [3.05, 3.63) is 24.5 Å². The van der Waals surface area contributed by atoms with E-state index < -0.39 is 0 Å². The van der Waals surface area contributed by atoms with Crippen molar-refractivity contribution >= 4 is 11.8 Å². The number of hydrogen-bond acceptors (Lipinski definition) is 2. The standard InChI is InChI=1S/C17H25N3O2/c21-16-8-7-14(13-20(16)15-5-1-2-6-15)17(22)18-9-12-19-10-3-4-11-19/h3-4,10-11,14-15H,1-2,5-9,12-13H2,(H,18,22)/t14-/m1/s1. The zero-order valence-corrected chi connectivity index (χ0v) is 13.0. The monoisotopic (exact) mass is 303 g/mol. The zero-order valence-electron chi connectivity index (χ0n) is 13.0. The highest BCUT2D eigenvalue weighted by Gasteiger charge is 2.34. The summed E-state index contributed by atoms with van der Waals surface area (Å²) in [5, 5.41) is 3.02. The van der Waals surface area contributed by atoms with Crippen LogP contribution in [0, 0.1) is 5.92 Å². The summed E-state index contributed by atoms with van der Waals surface area (Å²) in [5.74, 6) is 0.300. The molecule has 5 nitrogen and oxygen atoms in total. The van der Waals surface area contributed by atoms with Crippen LogP contribution < -0.4 is 5.32 Å². The molecule has 0 unspecified atom stereocenters. The van der Waals surface area contributed by atoms with Crippen molar-refractivity contribution in [1.29, 1.82) is 0 Å². The molecule has 0 bridgehead atoms. The Morgan fingerprint density at radius 1 is 1.18 bits per heavy atom. The van der Waals surface area contributed by atoms with Gasteiger partial charge < -0.3 is 14.8 Å². The Labute approximate surface area is 131 Å². The second-order valence-corrected chi connectivity index (χ2v) is 6.43. The molecule has 0 aromatic carbocycles. The third kappa shape index (κ3) is 3.51. The largest absolute Gasteiger partial charge is 0.354 e. The first kappa shape index (κ1) is 15.1. The van der Waals surface area contributed by atoms with Crippen LogP contribution in [0.25, 0.3) is 0 Å². The first-order valence-corrected chi connectivity index (χ1v) is 8.42. The van der Waals surface area contributed by atoms with Gasteiger partial charge in [0, 0.05) is 44.5 Å². The van der Waals surface area contributed by atoms with Crippen LogP contribution in [0.3, 0.4) is 0 Å². The summed E-state index contributed by atoms with van der Waals surface area (Å²) in [7, 11) is 0. The van der Waals surface area contributed by atoms with E-state index in [2.05, 4.69) is 9.88 Å². The highest BCUT2D eigenvalue weighted by Crippen LogP contribution is 2.28. The van der Waals surface area contributed by atoms with Crippen molar-refractivity contribution in [3.63, 3.8) is 0 Å². The Morgan fingerprint density at radius 2 is 1.91 bits per heavy atom. The summed E-state index contributed by atoms with van der Waals surface area (Å²) < 4.78 is 2.05. The van der Waals surface area contributed by atoms with Gasteiger partial charge in [-0.3, -0.25) is 9.59 Å². The van der Waals surface area contributed by atoms with Gasteiger partial charge in [-0.25, -0.2) is 0 Å². The van der Waals surface area contributed by atoms with Gasteiger partial charge in [0.25, 0.3) is 0 Å². The molecule has 2 amide bonds. The van der Waals surface area contributed by atoms with Gasteiger partial charge in [0.1, 0.15) is 0 Å². The van der Waals surface area contributed by atoms with Crippen molar-refractivity contribution in [1.82, 2.24) is 14.8 Å². The second kappa shape index (κ2) is 6.99. The van der Waals surface area contributed by atoms with Crippen molar-refractivity contribution < 1.29 is 9.59 Å². The van der Waals surface area contributed by atoms with Crippen LogP contribution in [-0.2, 0) is 16.1 Å². The summed E-state index contributed by atoms with van der Waals surface area (Å²) >= 11 is 0. The van der Waals surface area contributed by atoms with E-state index in [0.717, 1.165) is 19.4 Å². The van der Waals surface area contributed by atoms with Crippen LogP contribution in [0.15, 0.2) is 24.5 Å². The van der Waals surface area contributed by atoms with Crippen LogP contribution >= 0.6 is 0 Å². The van der Waals surface area contributed by atoms with Crippen molar-refractivity contribution in [2.24, 2.45) is 5.92 Å². The molecule has 2 fully saturated rings. The number of nitrogens with one attached hydrogen (secondary N) is 1. The normalized spacial score (nSPS) is 23.0. The number of likely N-dealkylation sites (tertiary alicyclic amines) is 1. The van der Waals surface area contributed by atoms with E-state index in [1.165, 1.54) is 12.8 Å². The molecule has 0 radical (unpaired) electrons. The maximum absolute atomic E-state index is 12.3. The Bertz CT molecular complexity index is 506. The molecule has 3 rings (SSSR count). The molecule has 0 spiro atoms. The first-order chi connectivity index (χ1) is 10.7. The van der Waals surface area contributed by atoms with Gasteiger partial charge in [0.05, 0.1) is 5.92 Å². The first-order valence-electron chi connectivity index (χ1n) is 8.42. The Balaban J connectivity index is 1.48. The lowest BCUT2D eigenvalue weighted by Crippen LogP contribution is -2.49. The topological polar surface area (TPSA) is 54.3 Å². The van der Waals surface area contributed by atoms with E-state index in [1.807, 2.05) is 29.4 Å². The number of piperidine rings is 1. The molecule has 1 aromatic rings. The molecule has 2 aliphatic rings. The van der Waals surface area contributed by atoms with Crippen LogP contribution in [0.2, 0.25) is 0 Å². The fourth-order valence-electron chi connectivity index (χ4n) is 3.63. The van der Waals surface area contributed by atoms with E-state index in [0.29, 0.717) is 32.0 Å². The lowest BCUT2D eigenvalue weighted by atomic mass is 9.95. The zero-order chi connectivity index (χ0) is 15.4. The van der Waals surface area contributed by atoms with Gasteiger partial charge in [0.2, 0.25) is 11.8 Å². The molecule has 1 N–H and O–H groups in total. The van der Waals surface area contributed by atoms with Crippen LogP contribution in [0.5, 0.6) is 0 Å². The summed E-state index contributed by atoms with van der Waals surface area (Å²) in [6.07, 6.45) is 9.83.